The van der Waals surface area contributed by atoms with Crippen molar-refractivity contribution in [3.63, 3.8) is 0 Å². The Kier molecular flexibility index (Phi) is 4.57. The lowest BCUT2D eigenvalue weighted by atomic mass is 9.86. The second-order valence-electron chi connectivity index (χ2n) is 7.38. The Hall–Kier alpha value is -2.50. The predicted molar refractivity (Wildman–Crippen MR) is 102 cm³/mol. The van der Waals surface area contributed by atoms with E-state index in [9.17, 15) is 0 Å². The largest absolute Gasteiger partial charge is 0.487 e. The standard InChI is InChI=1S/C20H27N5O/c1-14-15(13-23-25-14)12-22-19(21-2)24-17-11-20(9-5-6-10-20)26-18-8-4-3-7-16(17)18/h3-4,7-8,13,17H,5-6,9-12H2,1-2H3,(H,23,25)(H2,21,22,24). The monoisotopic (exact) mass is 353 g/mol. The highest BCUT2D eigenvalue weighted by Crippen LogP contribution is 2.46. The van der Waals surface area contributed by atoms with Crippen molar-refractivity contribution in [1.29, 1.82) is 0 Å². The molecule has 0 amide bonds. The SMILES string of the molecule is CN=C(NCc1cn[nH]c1C)NC1CC2(CCCC2)Oc2ccccc21. The predicted octanol–water partition coefficient (Wildman–Crippen LogP) is 3.22. The van der Waals surface area contributed by atoms with E-state index in [4.69, 9.17) is 4.74 Å². The second-order valence-corrected chi connectivity index (χ2v) is 7.38. The maximum Gasteiger partial charge on any atom is 0.191 e. The first kappa shape index (κ1) is 16.9. The molecule has 3 N–H and O–H groups in total. The van der Waals surface area contributed by atoms with Crippen molar-refractivity contribution in [3.8, 4) is 5.75 Å². The number of aryl methyl sites for hydroxylation is 1. The first-order chi connectivity index (χ1) is 12.7. The normalized spacial score (nSPS) is 21.3. The number of nitrogens with zero attached hydrogens (tertiary/aromatic N) is 2. The van der Waals surface area contributed by atoms with Crippen LogP contribution in [0.1, 0.15) is 55.0 Å². The van der Waals surface area contributed by atoms with Crippen LogP contribution in [0.15, 0.2) is 35.5 Å². The van der Waals surface area contributed by atoms with Gasteiger partial charge in [-0.05, 0) is 38.7 Å². The van der Waals surface area contributed by atoms with Crippen molar-refractivity contribution in [2.24, 2.45) is 4.99 Å². The number of ether oxygens (including phenoxy) is 1. The highest BCUT2D eigenvalue weighted by atomic mass is 16.5. The third kappa shape index (κ3) is 3.28. The number of fused-ring (bicyclic) bond motifs is 1. The summed E-state index contributed by atoms with van der Waals surface area (Å²) in [6.07, 6.45) is 7.62. The number of nitrogens with one attached hydrogen (secondary N) is 3. The zero-order chi connectivity index (χ0) is 18.0. The number of aromatic amines is 1. The van der Waals surface area contributed by atoms with Crippen LogP contribution in [0.5, 0.6) is 5.75 Å². The third-order valence-electron chi connectivity index (χ3n) is 5.63. The maximum atomic E-state index is 6.45. The molecule has 2 heterocycles. The summed E-state index contributed by atoms with van der Waals surface area (Å²) >= 11 is 0. The number of guanidine groups is 1. The summed E-state index contributed by atoms with van der Waals surface area (Å²) < 4.78 is 6.45. The van der Waals surface area contributed by atoms with Crippen LogP contribution in [0.2, 0.25) is 0 Å². The molecule has 4 rings (SSSR count). The van der Waals surface area contributed by atoms with Gasteiger partial charge < -0.3 is 15.4 Å². The van der Waals surface area contributed by atoms with E-state index >= 15 is 0 Å². The first-order valence-electron chi connectivity index (χ1n) is 9.43. The van der Waals surface area contributed by atoms with Crippen LogP contribution in [0.3, 0.4) is 0 Å². The van der Waals surface area contributed by atoms with Gasteiger partial charge in [-0.3, -0.25) is 10.1 Å². The van der Waals surface area contributed by atoms with Gasteiger partial charge in [-0.15, -0.1) is 0 Å². The fourth-order valence-corrected chi connectivity index (χ4v) is 4.17. The molecule has 0 bridgehead atoms. The van der Waals surface area contributed by atoms with Gasteiger partial charge in [0.15, 0.2) is 5.96 Å². The fraction of sp³-hybridized carbons (Fsp3) is 0.500. The van der Waals surface area contributed by atoms with Crippen molar-refractivity contribution in [1.82, 2.24) is 20.8 Å². The Bertz CT molecular complexity index is 791. The minimum absolute atomic E-state index is 0.0218. The fourth-order valence-electron chi connectivity index (χ4n) is 4.17. The zero-order valence-electron chi connectivity index (χ0n) is 15.5. The number of aromatic nitrogens is 2. The summed E-state index contributed by atoms with van der Waals surface area (Å²) in [4.78, 5) is 4.42. The van der Waals surface area contributed by atoms with Gasteiger partial charge >= 0.3 is 0 Å². The van der Waals surface area contributed by atoms with E-state index in [-0.39, 0.29) is 11.6 Å². The van der Waals surface area contributed by atoms with Crippen molar-refractivity contribution in [2.75, 3.05) is 7.05 Å². The van der Waals surface area contributed by atoms with E-state index in [1.807, 2.05) is 20.2 Å². The highest BCUT2D eigenvalue weighted by Gasteiger charge is 2.43. The molecule has 6 nitrogen and oxygen atoms in total. The van der Waals surface area contributed by atoms with Gasteiger partial charge in [0.2, 0.25) is 0 Å². The molecule has 1 saturated carbocycles. The number of hydrogen-bond acceptors (Lipinski definition) is 3. The van der Waals surface area contributed by atoms with E-state index in [0.717, 1.165) is 42.2 Å². The number of hydrogen-bond donors (Lipinski definition) is 3. The summed E-state index contributed by atoms with van der Waals surface area (Å²) in [5.41, 5.74) is 3.42. The quantitative estimate of drug-likeness (QED) is 0.585. The van der Waals surface area contributed by atoms with Crippen LogP contribution in [-0.4, -0.2) is 28.8 Å². The molecule has 0 radical (unpaired) electrons. The Balaban J connectivity index is 1.51. The summed E-state index contributed by atoms with van der Waals surface area (Å²) in [7, 11) is 1.81. The molecule has 138 valence electrons. The van der Waals surface area contributed by atoms with Gasteiger partial charge in [0.05, 0.1) is 12.2 Å². The van der Waals surface area contributed by atoms with Crippen molar-refractivity contribution >= 4 is 5.96 Å². The molecule has 2 aromatic rings. The summed E-state index contributed by atoms with van der Waals surface area (Å²) in [6, 6.07) is 8.58. The summed E-state index contributed by atoms with van der Waals surface area (Å²) in [5.74, 6) is 1.82. The van der Waals surface area contributed by atoms with Crippen molar-refractivity contribution in [3.05, 3.63) is 47.3 Å². The Morgan fingerprint density at radius 1 is 1.35 bits per heavy atom. The average molecular weight is 353 g/mol. The van der Waals surface area contributed by atoms with E-state index in [1.165, 1.54) is 18.4 Å². The van der Waals surface area contributed by atoms with Crippen LogP contribution >= 0.6 is 0 Å². The molecule has 1 unspecified atom stereocenters. The lowest BCUT2D eigenvalue weighted by molar-refractivity contribution is 0.0396. The van der Waals surface area contributed by atoms with Crippen LogP contribution in [0, 0.1) is 6.92 Å². The number of H-pyrrole nitrogens is 1. The van der Waals surface area contributed by atoms with Gasteiger partial charge in [0.25, 0.3) is 0 Å². The molecule has 1 fully saturated rings. The minimum atomic E-state index is -0.0218. The molecule has 1 aliphatic heterocycles. The average Bonchev–Trinajstić information content (AvgIpc) is 3.27. The molecule has 1 aromatic carbocycles. The molecule has 6 heteroatoms. The van der Waals surface area contributed by atoms with Crippen LogP contribution in [-0.2, 0) is 6.54 Å². The number of benzene rings is 1. The van der Waals surface area contributed by atoms with E-state index in [2.05, 4.69) is 50.1 Å². The van der Waals surface area contributed by atoms with E-state index in [1.54, 1.807) is 0 Å². The minimum Gasteiger partial charge on any atom is -0.487 e. The highest BCUT2D eigenvalue weighted by molar-refractivity contribution is 5.80. The molecule has 1 atom stereocenters. The number of rotatable bonds is 3. The van der Waals surface area contributed by atoms with Crippen LogP contribution < -0.4 is 15.4 Å². The lowest BCUT2D eigenvalue weighted by Gasteiger charge is -2.40. The van der Waals surface area contributed by atoms with Crippen LogP contribution in [0.25, 0.3) is 0 Å². The first-order valence-corrected chi connectivity index (χ1v) is 9.43. The molecule has 1 aliphatic carbocycles. The molecule has 1 aromatic heterocycles. The topological polar surface area (TPSA) is 74.3 Å². The van der Waals surface area contributed by atoms with Gasteiger partial charge in [0.1, 0.15) is 11.4 Å². The van der Waals surface area contributed by atoms with Crippen molar-refractivity contribution in [2.45, 2.75) is 57.2 Å². The maximum absolute atomic E-state index is 6.45. The van der Waals surface area contributed by atoms with E-state index < -0.39 is 0 Å². The molecule has 0 saturated heterocycles. The zero-order valence-corrected chi connectivity index (χ0v) is 15.5. The molecular weight excluding hydrogens is 326 g/mol. The lowest BCUT2D eigenvalue weighted by Crippen LogP contribution is -2.46. The molecule has 2 aliphatic rings. The number of para-hydroxylation sites is 1. The van der Waals surface area contributed by atoms with Crippen molar-refractivity contribution < 1.29 is 4.74 Å². The Morgan fingerprint density at radius 2 is 2.15 bits per heavy atom. The van der Waals surface area contributed by atoms with Gasteiger partial charge in [-0.2, -0.15) is 5.10 Å². The molecule has 1 spiro atoms. The van der Waals surface area contributed by atoms with Gasteiger partial charge in [-0.25, -0.2) is 0 Å². The third-order valence-corrected chi connectivity index (χ3v) is 5.63. The Morgan fingerprint density at radius 3 is 2.88 bits per heavy atom. The number of aliphatic imine (C=N–C) groups is 1. The van der Waals surface area contributed by atoms with Crippen LogP contribution in [0.4, 0.5) is 0 Å². The summed E-state index contributed by atoms with van der Waals surface area (Å²) in [6.45, 7) is 2.72. The Labute approximate surface area is 154 Å². The smallest absolute Gasteiger partial charge is 0.191 e. The second kappa shape index (κ2) is 7.02. The molecular formula is C20H27N5O. The molecule has 26 heavy (non-hydrogen) atoms. The van der Waals surface area contributed by atoms with E-state index in [0.29, 0.717) is 6.54 Å². The summed E-state index contributed by atoms with van der Waals surface area (Å²) in [5, 5.41) is 14.1. The van der Waals surface area contributed by atoms with Gasteiger partial charge in [-0.1, -0.05) is 18.2 Å². The van der Waals surface area contributed by atoms with Gasteiger partial charge in [0, 0.05) is 36.8 Å².